The molecule has 0 spiro atoms. The summed E-state index contributed by atoms with van der Waals surface area (Å²) in [5.74, 6) is 1.46. The highest BCUT2D eigenvalue weighted by molar-refractivity contribution is 5.55. The Kier molecular flexibility index (Phi) is 4.31. The zero-order valence-electron chi connectivity index (χ0n) is 14.1. The van der Waals surface area contributed by atoms with Gasteiger partial charge in [-0.25, -0.2) is 9.37 Å². The van der Waals surface area contributed by atoms with E-state index in [-0.39, 0.29) is 5.82 Å². The molecule has 0 radical (unpaired) electrons. The molecule has 25 heavy (non-hydrogen) atoms. The van der Waals surface area contributed by atoms with Gasteiger partial charge in [0, 0.05) is 36.5 Å². The van der Waals surface area contributed by atoms with Gasteiger partial charge in [-0.3, -0.25) is 0 Å². The molecule has 1 saturated heterocycles. The van der Waals surface area contributed by atoms with Crippen molar-refractivity contribution in [3.63, 3.8) is 0 Å². The number of aromatic nitrogens is 4. The molecule has 0 bridgehead atoms. The lowest BCUT2D eigenvalue weighted by molar-refractivity contribution is 0.343. The van der Waals surface area contributed by atoms with E-state index in [1.165, 1.54) is 6.07 Å². The second kappa shape index (κ2) is 6.76. The Balaban J connectivity index is 1.51. The van der Waals surface area contributed by atoms with Gasteiger partial charge in [-0.2, -0.15) is 4.98 Å². The molecule has 6 nitrogen and oxygen atoms in total. The highest BCUT2D eigenvalue weighted by atomic mass is 19.1. The summed E-state index contributed by atoms with van der Waals surface area (Å²) in [4.78, 5) is 10.8. The molecule has 0 saturated carbocycles. The molecule has 1 fully saturated rings. The Morgan fingerprint density at radius 3 is 3.04 bits per heavy atom. The molecule has 3 heterocycles. The van der Waals surface area contributed by atoms with E-state index < -0.39 is 0 Å². The van der Waals surface area contributed by atoms with Gasteiger partial charge in [0.15, 0.2) is 0 Å². The van der Waals surface area contributed by atoms with Gasteiger partial charge in [0.05, 0.1) is 12.9 Å². The molecule has 4 rings (SSSR count). The van der Waals surface area contributed by atoms with Gasteiger partial charge in [0.1, 0.15) is 5.82 Å². The second-order valence-corrected chi connectivity index (χ2v) is 6.67. The van der Waals surface area contributed by atoms with Crippen LogP contribution in [0.4, 0.5) is 4.39 Å². The van der Waals surface area contributed by atoms with E-state index in [1.54, 1.807) is 30.9 Å². The lowest BCUT2D eigenvalue weighted by atomic mass is 10.1. The van der Waals surface area contributed by atoms with Crippen LogP contribution in [0, 0.1) is 11.7 Å². The van der Waals surface area contributed by atoms with Crippen LogP contribution in [0.3, 0.4) is 0 Å². The molecule has 0 N–H and O–H groups in total. The largest absolute Gasteiger partial charge is 0.339 e. The minimum atomic E-state index is -0.254. The van der Waals surface area contributed by atoms with Crippen LogP contribution in [0.2, 0.25) is 0 Å². The number of halogens is 1. The summed E-state index contributed by atoms with van der Waals surface area (Å²) >= 11 is 0. The minimum Gasteiger partial charge on any atom is -0.339 e. The van der Waals surface area contributed by atoms with Crippen LogP contribution in [-0.2, 0) is 13.0 Å². The molecule has 1 atom stereocenters. The Bertz CT molecular complexity index is 845. The molecule has 0 amide bonds. The van der Waals surface area contributed by atoms with E-state index in [1.807, 2.05) is 4.57 Å². The van der Waals surface area contributed by atoms with E-state index in [0.29, 0.717) is 29.7 Å². The summed E-state index contributed by atoms with van der Waals surface area (Å²) < 4.78 is 21.3. The van der Waals surface area contributed by atoms with Gasteiger partial charge >= 0.3 is 0 Å². The second-order valence-electron chi connectivity index (χ2n) is 6.67. The fraction of sp³-hybridized carbons (Fsp3) is 0.389. The number of rotatable bonds is 5. The Hall–Kier alpha value is -2.54. The summed E-state index contributed by atoms with van der Waals surface area (Å²) in [6.07, 6.45) is 7.09. The molecule has 2 aromatic heterocycles. The highest BCUT2D eigenvalue weighted by Crippen LogP contribution is 2.23. The molecule has 1 unspecified atom stereocenters. The van der Waals surface area contributed by atoms with Crippen LogP contribution in [-0.4, -0.2) is 44.7 Å². The summed E-state index contributed by atoms with van der Waals surface area (Å²) in [6, 6.07) is 4.90. The maximum atomic E-state index is 14.1. The van der Waals surface area contributed by atoms with E-state index in [2.05, 4.69) is 27.1 Å². The van der Waals surface area contributed by atoms with Gasteiger partial charge in [-0.15, -0.1) is 0 Å². The van der Waals surface area contributed by atoms with Crippen molar-refractivity contribution in [2.75, 3.05) is 20.1 Å². The monoisotopic (exact) mass is 341 g/mol. The predicted molar refractivity (Wildman–Crippen MR) is 90.3 cm³/mol. The van der Waals surface area contributed by atoms with Gasteiger partial charge < -0.3 is 14.0 Å². The molecular weight excluding hydrogens is 321 g/mol. The first kappa shape index (κ1) is 16.0. The zero-order valence-corrected chi connectivity index (χ0v) is 14.1. The summed E-state index contributed by atoms with van der Waals surface area (Å²) in [6.45, 7) is 2.59. The van der Waals surface area contributed by atoms with Crippen LogP contribution in [0.1, 0.15) is 17.9 Å². The summed E-state index contributed by atoms with van der Waals surface area (Å²) in [5, 5.41) is 4.07. The third-order valence-corrected chi connectivity index (χ3v) is 4.64. The van der Waals surface area contributed by atoms with Crippen molar-refractivity contribution in [2.45, 2.75) is 19.4 Å². The fourth-order valence-electron chi connectivity index (χ4n) is 3.31. The molecule has 7 heteroatoms. The Labute approximate surface area is 145 Å². The van der Waals surface area contributed by atoms with Crippen LogP contribution in [0.5, 0.6) is 0 Å². The van der Waals surface area contributed by atoms with Crippen molar-refractivity contribution in [1.29, 1.82) is 0 Å². The van der Waals surface area contributed by atoms with Crippen molar-refractivity contribution in [1.82, 2.24) is 24.6 Å². The first-order valence-electron chi connectivity index (χ1n) is 8.43. The van der Waals surface area contributed by atoms with Crippen LogP contribution >= 0.6 is 0 Å². The lowest BCUT2D eigenvalue weighted by Crippen LogP contribution is -2.15. The normalized spacial score (nSPS) is 18.1. The molecule has 0 aliphatic carbocycles. The molecule has 1 aliphatic heterocycles. The topological polar surface area (TPSA) is 60.0 Å². The average Bonchev–Trinajstić information content (AvgIpc) is 3.33. The van der Waals surface area contributed by atoms with Gasteiger partial charge in [-0.05, 0) is 44.1 Å². The number of hydrogen-bond acceptors (Lipinski definition) is 5. The maximum absolute atomic E-state index is 14.1. The van der Waals surface area contributed by atoms with E-state index in [4.69, 9.17) is 4.52 Å². The number of hydrogen-bond donors (Lipinski definition) is 0. The number of likely N-dealkylation sites (tertiary alicyclic amines) is 1. The van der Waals surface area contributed by atoms with Crippen LogP contribution < -0.4 is 0 Å². The van der Waals surface area contributed by atoms with Gasteiger partial charge in [0.2, 0.25) is 11.7 Å². The Morgan fingerprint density at radius 1 is 1.36 bits per heavy atom. The predicted octanol–water partition coefficient (Wildman–Crippen LogP) is 2.61. The van der Waals surface area contributed by atoms with Crippen molar-refractivity contribution >= 4 is 0 Å². The standard InChI is InChI=1S/C18H20FN5O/c1-23-6-4-13(10-23)8-17-21-18(22-25-17)14-2-3-16(19)15(9-14)11-24-7-5-20-12-24/h2-3,5,7,9,12-13H,4,6,8,10-11H2,1H3. The molecular formula is C18H20FN5O. The number of nitrogens with zero attached hydrogens (tertiary/aromatic N) is 5. The Morgan fingerprint density at radius 2 is 2.28 bits per heavy atom. The van der Waals surface area contributed by atoms with E-state index >= 15 is 0 Å². The summed E-state index contributed by atoms with van der Waals surface area (Å²) in [7, 11) is 2.12. The maximum Gasteiger partial charge on any atom is 0.227 e. The number of imidazole rings is 1. The van der Waals surface area contributed by atoms with Crippen LogP contribution in [0.25, 0.3) is 11.4 Å². The lowest BCUT2D eigenvalue weighted by Gasteiger charge is -2.07. The van der Waals surface area contributed by atoms with Crippen molar-refractivity contribution < 1.29 is 8.91 Å². The van der Waals surface area contributed by atoms with Crippen molar-refractivity contribution in [3.05, 3.63) is 54.2 Å². The average molecular weight is 341 g/mol. The molecule has 3 aromatic rings. The first-order valence-corrected chi connectivity index (χ1v) is 8.43. The highest BCUT2D eigenvalue weighted by Gasteiger charge is 2.22. The number of benzene rings is 1. The van der Waals surface area contributed by atoms with Gasteiger partial charge in [0.25, 0.3) is 0 Å². The molecule has 1 aliphatic rings. The van der Waals surface area contributed by atoms with Crippen molar-refractivity contribution in [3.8, 4) is 11.4 Å². The molecule has 130 valence electrons. The first-order chi connectivity index (χ1) is 12.2. The summed E-state index contributed by atoms with van der Waals surface area (Å²) in [5.41, 5.74) is 1.33. The van der Waals surface area contributed by atoms with Crippen molar-refractivity contribution in [2.24, 2.45) is 5.92 Å². The van der Waals surface area contributed by atoms with E-state index in [0.717, 1.165) is 31.5 Å². The SMILES string of the molecule is CN1CCC(Cc2nc(-c3ccc(F)c(Cn4ccnc4)c3)no2)C1. The fourth-order valence-corrected chi connectivity index (χ4v) is 3.31. The third-order valence-electron chi connectivity index (χ3n) is 4.64. The molecule has 1 aromatic carbocycles. The zero-order chi connectivity index (χ0) is 17.2. The smallest absolute Gasteiger partial charge is 0.227 e. The quantitative estimate of drug-likeness (QED) is 0.714. The third kappa shape index (κ3) is 3.61. The van der Waals surface area contributed by atoms with Gasteiger partial charge in [-0.1, -0.05) is 5.16 Å². The minimum absolute atomic E-state index is 0.254. The van der Waals surface area contributed by atoms with Crippen LogP contribution in [0.15, 0.2) is 41.4 Å². The van der Waals surface area contributed by atoms with E-state index in [9.17, 15) is 4.39 Å².